The molecule has 0 aliphatic rings. The SMILES string of the molecule is c1cc(-c2cccc(-n3c4ccccc4n4c5oc6ccccc6c5nc34)c2)cc(-c2ccc3c4ccccc4c4ccccc4c3c2)c1. The first-order chi connectivity index (χ1) is 24.3. The molecule has 0 N–H and O–H groups in total. The molecular weight excluding hydrogens is 599 g/mol. The maximum atomic E-state index is 6.37. The Hall–Kier alpha value is -6.65. The zero-order chi connectivity index (χ0) is 32.1. The summed E-state index contributed by atoms with van der Waals surface area (Å²) in [4.78, 5) is 5.17. The van der Waals surface area contributed by atoms with Crippen LogP contribution in [-0.2, 0) is 0 Å². The second kappa shape index (κ2) is 9.93. The lowest BCUT2D eigenvalue weighted by molar-refractivity contribution is 0.651. The fraction of sp³-hybridized carbons (Fsp3) is 0. The highest BCUT2D eigenvalue weighted by Gasteiger charge is 2.21. The highest BCUT2D eigenvalue weighted by atomic mass is 16.3. The fourth-order valence-electron chi connectivity index (χ4n) is 7.88. The van der Waals surface area contributed by atoms with Crippen molar-refractivity contribution in [2.24, 2.45) is 0 Å². The van der Waals surface area contributed by atoms with Crippen molar-refractivity contribution in [3.8, 4) is 27.9 Å². The van der Waals surface area contributed by atoms with E-state index in [-0.39, 0.29) is 0 Å². The Labute approximate surface area is 280 Å². The standard InChI is InChI=1S/C45H27N3O/c1-2-17-35-33(15-1)34-16-3-4-18-36(34)39-27-31(23-24-37(35)39)29-12-9-11-28(25-29)30-13-10-14-32(26-30)47-40-20-6-7-21-41(40)48-44-43(46-45(47)48)38-19-5-8-22-42(38)49-44/h1-27H. The van der Waals surface area contributed by atoms with Crippen LogP contribution in [0.1, 0.15) is 0 Å². The van der Waals surface area contributed by atoms with Crippen LogP contribution in [0.2, 0.25) is 0 Å². The number of aromatic nitrogens is 3. The number of hydrogen-bond donors (Lipinski definition) is 0. The molecule has 0 bridgehead atoms. The van der Waals surface area contributed by atoms with Gasteiger partial charge in [-0.05, 0) is 103 Å². The van der Waals surface area contributed by atoms with Gasteiger partial charge in [-0.2, -0.15) is 0 Å². The van der Waals surface area contributed by atoms with Crippen LogP contribution < -0.4 is 0 Å². The minimum Gasteiger partial charge on any atom is -0.437 e. The lowest BCUT2D eigenvalue weighted by Crippen LogP contribution is -1.95. The molecule has 11 aromatic rings. The molecule has 0 unspecified atom stereocenters. The Balaban J connectivity index is 1.07. The van der Waals surface area contributed by atoms with Crippen molar-refractivity contribution in [2.75, 3.05) is 0 Å². The molecule has 0 amide bonds. The van der Waals surface area contributed by atoms with Gasteiger partial charge in [0.05, 0.1) is 11.0 Å². The Morgan fingerprint density at radius 2 is 0.959 bits per heavy atom. The highest BCUT2D eigenvalue weighted by Crippen LogP contribution is 2.39. The van der Waals surface area contributed by atoms with E-state index in [1.165, 1.54) is 49.0 Å². The Morgan fingerprint density at radius 3 is 1.69 bits per heavy atom. The first kappa shape index (κ1) is 26.4. The number of rotatable bonds is 3. The van der Waals surface area contributed by atoms with Crippen LogP contribution >= 0.6 is 0 Å². The van der Waals surface area contributed by atoms with Gasteiger partial charge in [0.15, 0.2) is 0 Å². The van der Waals surface area contributed by atoms with Gasteiger partial charge in [0.25, 0.3) is 0 Å². The molecule has 0 aliphatic heterocycles. The van der Waals surface area contributed by atoms with Crippen LogP contribution in [-0.4, -0.2) is 14.0 Å². The molecule has 0 fully saturated rings. The smallest absolute Gasteiger partial charge is 0.234 e. The molecule has 0 spiro atoms. The van der Waals surface area contributed by atoms with Crippen molar-refractivity contribution in [1.82, 2.24) is 14.0 Å². The van der Waals surface area contributed by atoms with Crippen molar-refractivity contribution < 1.29 is 4.42 Å². The third-order valence-electron chi connectivity index (χ3n) is 10.1. The second-order valence-electron chi connectivity index (χ2n) is 12.8. The molecule has 0 saturated carbocycles. The molecule has 3 heterocycles. The van der Waals surface area contributed by atoms with E-state index in [9.17, 15) is 0 Å². The number of nitrogens with zero attached hydrogens (tertiary/aromatic N) is 3. The largest absolute Gasteiger partial charge is 0.437 e. The summed E-state index contributed by atoms with van der Waals surface area (Å²) in [6.07, 6.45) is 0. The van der Waals surface area contributed by atoms with Gasteiger partial charge in [0, 0.05) is 11.1 Å². The molecular formula is C45H27N3O. The molecule has 4 heteroatoms. The van der Waals surface area contributed by atoms with Gasteiger partial charge in [-0.25, -0.2) is 9.38 Å². The second-order valence-corrected chi connectivity index (χ2v) is 12.8. The van der Waals surface area contributed by atoms with E-state index >= 15 is 0 Å². The summed E-state index contributed by atoms with van der Waals surface area (Å²) in [5.74, 6) is 0.836. The minimum absolute atomic E-state index is 0.770. The number of imidazole rings is 2. The highest BCUT2D eigenvalue weighted by molar-refractivity contribution is 6.25. The third kappa shape index (κ3) is 3.77. The normalized spacial score (nSPS) is 12.1. The molecule has 0 aliphatic carbocycles. The van der Waals surface area contributed by atoms with E-state index in [0.717, 1.165) is 50.3 Å². The predicted octanol–water partition coefficient (Wildman–Crippen LogP) is 12.0. The van der Waals surface area contributed by atoms with Crippen LogP contribution in [0.15, 0.2) is 168 Å². The molecule has 0 atom stereocenters. The molecule has 3 aromatic heterocycles. The molecule has 8 aromatic carbocycles. The molecule has 11 rings (SSSR count). The number of hydrogen-bond acceptors (Lipinski definition) is 2. The first-order valence-corrected chi connectivity index (χ1v) is 16.6. The van der Waals surface area contributed by atoms with E-state index in [1.54, 1.807) is 0 Å². The summed E-state index contributed by atoms with van der Waals surface area (Å²) >= 11 is 0. The van der Waals surface area contributed by atoms with Gasteiger partial charge < -0.3 is 4.42 Å². The lowest BCUT2D eigenvalue weighted by Gasteiger charge is -2.13. The number of furan rings is 1. The predicted molar refractivity (Wildman–Crippen MR) is 203 cm³/mol. The van der Waals surface area contributed by atoms with Gasteiger partial charge in [-0.15, -0.1) is 0 Å². The summed E-state index contributed by atoms with van der Waals surface area (Å²) in [6.45, 7) is 0. The Bertz CT molecular complexity index is 3090. The van der Waals surface area contributed by atoms with Crippen LogP contribution in [0.25, 0.3) is 99.3 Å². The maximum absolute atomic E-state index is 6.37. The summed E-state index contributed by atoms with van der Waals surface area (Å²) in [6, 6.07) is 58.6. The Kier molecular flexibility index (Phi) is 5.35. The molecule has 228 valence electrons. The van der Waals surface area contributed by atoms with Crippen LogP contribution in [0.4, 0.5) is 0 Å². The lowest BCUT2D eigenvalue weighted by atomic mass is 9.91. The zero-order valence-electron chi connectivity index (χ0n) is 26.3. The van der Waals surface area contributed by atoms with E-state index in [4.69, 9.17) is 9.40 Å². The quantitative estimate of drug-likeness (QED) is 0.183. The molecule has 0 saturated heterocycles. The maximum Gasteiger partial charge on any atom is 0.234 e. The van der Waals surface area contributed by atoms with Crippen LogP contribution in [0.3, 0.4) is 0 Å². The van der Waals surface area contributed by atoms with Gasteiger partial charge in [-0.3, -0.25) is 4.57 Å². The van der Waals surface area contributed by atoms with E-state index in [0.29, 0.717) is 0 Å². The number of para-hydroxylation sites is 3. The molecule has 0 radical (unpaired) electrons. The average molecular weight is 626 g/mol. The topological polar surface area (TPSA) is 35.4 Å². The monoisotopic (exact) mass is 625 g/mol. The number of fused-ring (bicyclic) bond motifs is 13. The van der Waals surface area contributed by atoms with E-state index < -0.39 is 0 Å². The summed E-state index contributed by atoms with van der Waals surface area (Å²) in [5, 5.41) is 8.75. The van der Waals surface area contributed by atoms with Crippen molar-refractivity contribution in [2.45, 2.75) is 0 Å². The van der Waals surface area contributed by atoms with E-state index in [2.05, 4.69) is 155 Å². The Morgan fingerprint density at radius 1 is 0.408 bits per heavy atom. The summed E-state index contributed by atoms with van der Waals surface area (Å²) < 4.78 is 10.8. The van der Waals surface area contributed by atoms with Crippen molar-refractivity contribution in [1.29, 1.82) is 0 Å². The summed E-state index contributed by atoms with van der Waals surface area (Å²) in [5.41, 5.74) is 10.4. The zero-order valence-corrected chi connectivity index (χ0v) is 26.3. The first-order valence-electron chi connectivity index (χ1n) is 16.6. The minimum atomic E-state index is 0.770. The van der Waals surface area contributed by atoms with Crippen molar-refractivity contribution >= 4 is 71.3 Å². The summed E-state index contributed by atoms with van der Waals surface area (Å²) in [7, 11) is 0. The fourth-order valence-corrected chi connectivity index (χ4v) is 7.88. The third-order valence-corrected chi connectivity index (χ3v) is 10.1. The number of benzene rings is 8. The van der Waals surface area contributed by atoms with Crippen LogP contribution in [0, 0.1) is 0 Å². The molecule has 4 nitrogen and oxygen atoms in total. The van der Waals surface area contributed by atoms with Gasteiger partial charge in [-0.1, -0.05) is 115 Å². The van der Waals surface area contributed by atoms with Crippen molar-refractivity contribution in [3.63, 3.8) is 0 Å². The van der Waals surface area contributed by atoms with Gasteiger partial charge in [0.2, 0.25) is 11.5 Å². The molecule has 49 heavy (non-hydrogen) atoms. The van der Waals surface area contributed by atoms with Crippen molar-refractivity contribution in [3.05, 3.63) is 164 Å². The van der Waals surface area contributed by atoms with Crippen LogP contribution in [0.5, 0.6) is 0 Å². The van der Waals surface area contributed by atoms with Gasteiger partial charge >= 0.3 is 0 Å². The van der Waals surface area contributed by atoms with E-state index in [1.807, 2.05) is 18.2 Å². The van der Waals surface area contributed by atoms with Gasteiger partial charge in [0.1, 0.15) is 11.1 Å². The average Bonchev–Trinajstić information content (AvgIpc) is 3.82.